The van der Waals surface area contributed by atoms with Gasteiger partial charge in [-0.25, -0.2) is 0 Å². The fourth-order valence-corrected chi connectivity index (χ4v) is 2.81. The molecule has 0 amide bonds. The van der Waals surface area contributed by atoms with E-state index in [1.807, 2.05) is 0 Å². The Kier molecular flexibility index (Phi) is 4.58. The van der Waals surface area contributed by atoms with Gasteiger partial charge in [0.1, 0.15) is 10.6 Å². The van der Waals surface area contributed by atoms with E-state index in [9.17, 15) is 33.2 Å². The average molecular weight is 368 g/mol. The maximum atomic E-state index is 11.6. The van der Waals surface area contributed by atoms with Crippen molar-refractivity contribution in [1.29, 1.82) is 0 Å². The summed E-state index contributed by atoms with van der Waals surface area (Å²) in [5.41, 5.74) is 4.51. The van der Waals surface area contributed by atoms with Crippen LogP contribution in [0.1, 0.15) is 5.56 Å². The third-order valence-corrected chi connectivity index (χ3v) is 4.14. The Morgan fingerprint density at radius 1 is 1.12 bits per heavy atom. The van der Waals surface area contributed by atoms with Crippen molar-refractivity contribution in [2.75, 3.05) is 11.1 Å². The van der Waals surface area contributed by atoms with Crippen molar-refractivity contribution in [2.45, 2.75) is 11.8 Å². The minimum atomic E-state index is -4.98. The van der Waals surface area contributed by atoms with Gasteiger partial charge in [0.25, 0.3) is 15.8 Å². The van der Waals surface area contributed by atoms with Crippen molar-refractivity contribution < 1.29 is 22.8 Å². The highest BCUT2D eigenvalue weighted by Crippen LogP contribution is 2.38. The summed E-state index contributed by atoms with van der Waals surface area (Å²) in [7, 11) is -4.98. The first-order chi connectivity index (χ1) is 11.5. The number of nitro benzene ring substituents is 2. The maximum Gasteiger partial charge on any atom is 0.300 e. The van der Waals surface area contributed by atoms with Crippen LogP contribution in [0.2, 0.25) is 0 Å². The normalized spacial score (nSPS) is 11.1. The van der Waals surface area contributed by atoms with Gasteiger partial charge in [0.15, 0.2) is 0 Å². The van der Waals surface area contributed by atoms with Crippen molar-refractivity contribution in [1.82, 2.24) is 0 Å². The smallest absolute Gasteiger partial charge is 0.300 e. The van der Waals surface area contributed by atoms with E-state index in [1.54, 1.807) is 6.92 Å². The minimum absolute atomic E-state index is 0.274. The highest BCUT2D eigenvalue weighted by molar-refractivity contribution is 7.86. The van der Waals surface area contributed by atoms with Crippen LogP contribution in [-0.2, 0) is 10.1 Å². The molecule has 0 saturated carbocycles. The van der Waals surface area contributed by atoms with Crippen molar-refractivity contribution >= 4 is 38.6 Å². The Bertz CT molecular complexity index is 988. The molecule has 0 unspecified atom stereocenters. The molecule has 0 spiro atoms. The number of non-ortho nitro benzene ring substituents is 1. The molecule has 0 aliphatic heterocycles. The second-order valence-electron chi connectivity index (χ2n) is 5.03. The number of rotatable bonds is 5. The molecule has 0 saturated heterocycles. The van der Waals surface area contributed by atoms with Gasteiger partial charge in [-0.05, 0) is 30.7 Å². The molecule has 25 heavy (non-hydrogen) atoms. The third kappa shape index (κ3) is 3.81. The Balaban J connectivity index is 2.77. The number of benzene rings is 2. The van der Waals surface area contributed by atoms with Crippen molar-refractivity contribution in [3.63, 3.8) is 0 Å². The third-order valence-electron chi connectivity index (χ3n) is 3.26. The van der Waals surface area contributed by atoms with E-state index >= 15 is 0 Å². The number of nitrogens with one attached hydrogen (secondary N) is 1. The van der Waals surface area contributed by atoms with Crippen molar-refractivity contribution in [3.05, 3.63) is 56.1 Å². The number of hydrogen-bond donors (Lipinski definition) is 3. The van der Waals surface area contributed by atoms with Crippen LogP contribution < -0.4 is 11.1 Å². The molecule has 0 aliphatic carbocycles. The molecule has 12 heteroatoms. The number of nitrogen functional groups attached to an aromatic ring is 1. The lowest BCUT2D eigenvalue weighted by Crippen LogP contribution is -2.08. The quantitative estimate of drug-likeness (QED) is 0.309. The standard InChI is InChI=1S/C13H12N4O7S/c1-7-4-8(14)2-3-10(7)15-13-11(17(20)21)5-9(16(18)19)6-12(13)25(22,23)24/h2-6,15H,14H2,1H3,(H,22,23,24). The monoisotopic (exact) mass is 368 g/mol. The van der Waals surface area contributed by atoms with Gasteiger partial charge >= 0.3 is 5.69 Å². The molecule has 0 heterocycles. The van der Waals surface area contributed by atoms with Gasteiger partial charge in [-0.1, -0.05) is 0 Å². The minimum Gasteiger partial charge on any atom is -0.399 e. The molecular weight excluding hydrogens is 356 g/mol. The predicted octanol–water partition coefficient (Wildman–Crippen LogP) is 2.38. The van der Waals surface area contributed by atoms with E-state index < -0.39 is 41.9 Å². The number of nitro groups is 2. The second-order valence-corrected chi connectivity index (χ2v) is 6.42. The lowest BCUT2D eigenvalue weighted by atomic mass is 10.1. The maximum absolute atomic E-state index is 11.6. The molecular formula is C13H12N4O7S. The molecule has 11 nitrogen and oxygen atoms in total. The van der Waals surface area contributed by atoms with Crippen LogP contribution in [0.25, 0.3) is 0 Å². The van der Waals surface area contributed by atoms with Crippen LogP contribution in [0.4, 0.5) is 28.4 Å². The van der Waals surface area contributed by atoms with Crippen LogP contribution in [0.5, 0.6) is 0 Å². The highest BCUT2D eigenvalue weighted by Gasteiger charge is 2.30. The lowest BCUT2D eigenvalue weighted by Gasteiger charge is -2.13. The van der Waals surface area contributed by atoms with E-state index in [0.29, 0.717) is 23.4 Å². The number of nitrogens with two attached hydrogens (primary N) is 1. The Morgan fingerprint density at radius 3 is 2.24 bits per heavy atom. The van der Waals surface area contributed by atoms with Crippen molar-refractivity contribution in [2.24, 2.45) is 0 Å². The van der Waals surface area contributed by atoms with Gasteiger partial charge in [0, 0.05) is 17.4 Å². The summed E-state index contributed by atoms with van der Waals surface area (Å²) in [5, 5.41) is 24.7. The summed E-state index contributed by atoms with van der Waals surface area (Å²) < 4.78 is 32.5. The highest BCUT2D eigenvalue weighted by atomic mass is 32.2. The number of anilines is 3. The fraction of sp³-hybridized carbons (Fsp3) is 0.0769. The predicted molar refractivity (Wildman–Crippen MR) is 88.4 cm³/mol. The summed E-state index contributed by atoms with van der Waals surface area (Å²) in [6, 6.07) is 5.59. The summed E-state index contributed by atoms with van der Waals surface area (Å²) in [5.74, 6) is 0. The van der Waals surface area contributed by atoms with Crippen LogP contribution in [-0.4, -0.2) is 22.8 Å². The van der Waals surface area contributed by atoms with E-state index in [2.05, 4.69) is 5.32 Å². The van der Waals surface area contributed by atoms with Gasteiger partial charge in [-0.2, -0.15) is 8.42 Å². The first-order valence-corrected chi connectivity index (χ1v) is 8.02. The lowest BCUT2D eigenvalue weighted by molar-refractivity contribution is -0.393. The molecule has 4 N–H and O–H groups in total. The second kappa shape index (κ2) is 6.33. The van der Waals surface area contributed by atoms with Gasteiger partial charge < -0.3 is 11.1 Å². The van der Waals surface area contributed by atoms with Crippen LogP contribution in [0.3, 0.4) is 0 Å². The molecule has 0 radical (unpaired) electrons. The Hall–Kier alpha value is -3.25. The number of nitrogens with zero attached hydrogens (tertiary/aromatic N) is 2. The van der Waals surface area contributed by atoms with E-state index in [4.69, 9.17) is 5.73 Å². The zero-order valence-electron chi connectivity index (χ0n) is 12.7. The topological polar surface area (TPSA) is 179 Å². The largest absolute Gasteiger partial charge is 0.399 e. The first-order valence-electron chi connectivity index (χ1n) is 6.58. The molecule has 0 fully saturated rings. The van der Waals surface area contributed by atoms with E-state index in [0.717, 1.165) is 0 Å². The van der Waals surface area contributed by atoms with Gasteiger partial charge in [0.2, 0.25) is 0 Å². The van der Waals surface area contributed by atoms with E-state index in [-0.39, 0.29) is 5.69 Å². The van der Waals surface area contributed by atoms with Crippen LogP contribution in [0, 0.1) is 27.2 Å². The summed E-state index contributed by atoms with van der Waals surface area (Å²) in [4.78, 5) is 19.2. The van der Waals surface area contributed by atoms with Gasteiger partial charge in [-0.15, -0.1) is 0 Å². The Morgan fingerprint density at radius 2 is 1.76 bits per heavy atom. The van der Waals surface area contributed by atoms with Crippen molar-refractivity contribution in [3.8, 4) is 0 Å². The number of aryl methyl sites for hydroxylation is 1. The van der Waals surface area contributed by atoms with Crippen LogP contribution in [0.15, 0.2) is 35.2 Å². The molecule has 0 aliphatic rings. The molecule has 2 aromatic rings. The van der Waals surface area contributed by atoms with E-state index in [1.165, 1.54) is 18.2 Å². The molecule has 2 aromatic carbocycles. The molecule has 0 aromatic heterocycles. The average Bonchev–Trinajstić information content (AvgIpc) is 2.48. The molecule has 2 rings (SSSR count). The van der Waals surface area contributed by atoms with Crippen LogP contribution >= 0.6 is 0 Å². The SMILES string of the molecule is Cc1cc(N)ccc1Nc1c([N+](=O)[O-])cc([N+](=O)[O-])cc1S(=O)(=O)O. The van der Waals surface area contributed by atoms with Gasteiger partial charge in [0.05, 0.1) is 15.9 Å². The zero-order valence-corrected chi connectivity index (χ0v) is 13.5. The first kappa shape index (κ1) is 18.1. The summed E-state index contributed by atoms with van der Waals surface area (Å²) >= 11 is 0. The molecule has 0 bridgehead atoms. The fourth-order valence-electron chi connectivity index (χ4n) is 2.13. The molecule has 0 atom stereocenters. The Labute approximate surface area is 141 Å². The number of hydrogen-bond acceptors (Lipinski definition) is 8. The zero-order chi connectivity index (χ0) is 18.9. The molecule has 132 valence electrons. The van der Waals surface area contributed by atoms with Gasteiger partial charge in [-0.3, -0.25) is 24.8 Å². The summed E-state index contributed by atoms with van der Waals surface area (Å²) in [6.07, 6.45) is 0. The summed E-state index contributed by atoms with van der Waals surface area (Å²) in [6.45, 7) is 1.61.